The van der Waals surface area contributed by atoms with Gasteiger partial charge in [-0.15, -0.1) is 0 Å². The minimum absolute atomic E-state index is 0.0918. The molecule has 1 N–H and O–H groups in total. The molecule has 1 unspecified atom stereocenters. The smallest absolute Gasteiger partial charge is 0.151 e. The van der Waals surface area contributed by atoms with Crippen LogP contribution in [0.3, 0.4) is 0 Å². The summed E-state index contributed by atoms with van der Waals surface area (Å²) >= 11 is 0. The molecule has 5 heteroatoms. The lowest BCUT2D eigenvalue weighted by molar-refractivity contribution is -0.131. The van der Waals surface area contributed by atoms with Crippen LogP contribution in [0.5, 0.6) is 0 Å². The molecular weight excluding hydrogens is 230 g/mol. The molecule has 1 atom stereocenters. The first-order chi connectivity index (χ1) is 8.48. The van der Waals surface area contributed by atoms with Crippen molar-refractivity contribution in [3.63, 3.8) is 0 Å². The van der Waals surface area contributed by atoms with Gasteiger partial charge in [0.25, 0.3) is 0 Å². The summed E-state index contributed by atoms with van der Waals surface area (Å²) in [5, 5.41) is 7.10. The van der Waals surface area contributed by atoms with Crippen LogP contribution in [0.4, 0.5) is 0 Å². The van der Waals surface area contributed by atoms with Gasteiger partial charge in [-0.1, -0.05) is 5.16 Å². The summed E-state index contributed by atoms with van der Waals surface area (Å²) < 4.78 is 11.2. The summed E-state index contributed by atoms with van der Waals surface area (Å²) in [6.07, 6.45) is 0.258. The second-order valence-corrected chi connectivity index (χ2v) is 5.67. The van der Waals surface area contributed by atoms with Crippen molar-refractivity contribution in [3.8, 4) is 0 Å². The Kier molecular flexibility index (Phi) is 4.04. The minimum atomic E-state index is -0.0918. The maximum absolute atomic E-state index is 5.89. The molecule has 0 amide bonds. The fourth-order valence-electron chi connectivity index (χ4n) is 2.62. The molecule has 1 aromatic rings. The van der Waals surface area contributed by atoms with Gasteiger partial charge in [-0.2, -0.15) is 0 Å². The summed E-state index contributed by atoms with van der Waals surface area (Å²) in [5.41, 5.74) is 0.860. The predicted octanol–water partition coefficient (Wildman–Crippen LogP) is 1.39. The Morgan fingerprint density at radius 1 is 1.56 bits per heavy atom. The van der Waals surface area contributed by atoms with Crippen molar-refractivity contribution in [3.05, 3.63) is 17.5 Å². The standard InChI is InChI=1S/C13H23N3O2/c1-10-7-16(9-13(2,3)17-10)8-12-5-11(6-14-4)15-18-12/h5,10,14H,6-9H2,1-4H3. The van der Waals surface area contributed by atoms with Crippen LogP contribution in [-0.2, 0) is 17.8 Å². The summed E-state index contributed by atoms with van der Waals surface area (Å²) in [4.78, 5) is 2.36. The van der Waals surface area contributed by atoms with Gasteiger partial charge >= 0.3 is 0 Å². The van der Waals surface area contributed by atoms with E-state index in [1.807, 2.05) is 13.1 Å². The van der Waals surface area contributed by atoms with Gasteiger partial charge in [0.05, 0.1) is 23.9 Å². The van der Waals surface area contributed by atoms with Crippen LogP contribution in [0, 0.1) is 0 Å². The number of nitrogens with zero attached hydrogens (tertiary/aromatic N) is 2. The van der Waals surface area contributed by atoms with Crippen LogP contribution in [0.1, 0.15) is 32.2 Å². The monoisotopic (exact) mass is 253 g/mol. The van der Waals surface area contributed by atoms with Crippen LogP contribution in [0.25, 0.3) is 0 Å². The topological polar surface area (TPSA) is 50.5 Å². The van der Waals surface area contributed by atoms with Gasteiger partial charge in [-0.25, -0.2) is 0 Å². The Morgan fingerprint density at radius 3 is 3.00 bits per heavy atom. The van der Waals surface area contributed by atoms with Crippen molar-refractivity contribution in [2.24, 2.45) is 0 Å². The molecule has 0 bridgehead atoms. The van der Waals surface area contributed by atoms with Crippen LogP contribution in [0.15, 0.2) is 10.6 Å². The highest BCUT2D eigenvalue weighted by molar-refractivity contribution is 5.05. The molecule has 18 heavy (non-hydrogen) atoms. The van der Waals surface area contributed by atoms with E-state index in [0.717, 1.165) is 37.6 Å². The van der Waals surface area contributed by atoms with Crippen LogP contribution in [0.2, 0.25) is 0 Å². The largest absolute Gasteiger partial charge is 0.370 e. The minimum Gasteiger partial charge on any atom is -0.370 e. The van der Waals surface area contributed by atoms with E-state index in [-0.39, 0.29) is 11.7 Å². The van der Waals surface area contributed by atoms with E-state index < -0.39 is 0 Å². The van der Waals surface area contributed by atoms with Crippen LogP contribution < -0.4 is 5.32 Å². The highest BCUT2D eigenvalue weighted by Crippen LogP contribution is 2.22. The zero-order chi connectivity index (χ0) is 13.2. The van der Waals surface area contributed by atoms with Gasteiger partial charge in [0.1, 0.15) is 0 Å². The van der Waals surface area contributed by atoms with Gasteiger partial charge in [0.2, 0.25) is 0 Å². The maximum Gasteiger partial charge on any atom is 0.151 e. The lowest BCUT2D eigenvalue weighted by atomic mass is 10.1. The van der Waals surface area contributed by atoms with Crippen LogP contribution >= 0.6 is 0 Å². The molecule has 2 rings (SSSR count). The lowest BCUT2D eigenvalue weighted by Crippen LogP contribution is -2.51. The Balaban J connectivity index is 1.95. The Labute approximate surface area is 108 Å². The van der Waals surface area contributed by atoms with E-state index in [0.29, 0.717) is 0 Å². The number of aromatic nitrogens is 1. The second kappa shape index (κ2) is 5.38. The quantitative estimate of drug-likeness (QED) is 0.879. The molecular formula is C13H23N3O2. The number of morpholine rings is 1. The average Bonchev–Trinajstić information content (AvgIpc) is 2.62. The molecule has 1 fully saturated rings. The zero-order valence-electron chi connectivity index (χ0n) is 11.7. The predicted molar refractivity (Wildman–Crippen MR) is 69.2 cm³/mol. The van der Waals surface area contributed by atoms with Gasteiger partial charge in [0.15, 0.2) is 5.76 Å². The number of hydrogen-bond acceptors (Lipinski definition) is 5. The summed E-state index contributed by atoms with van der Waals surface area (Å²) in [6.45, 7) is 9.76. The average molecular weight is 253 g/mol. The molecule has 0 spiro atoms. The summed E-state index contributed by atoms with van der Waals surface area (Å²) in [6, 6.07) is 2.02. The molecule has 0 aliphatic carbocycles. The first-order valence-corrected chi connectivity index (χ1v) is 6.48. The SMILES string of the molecule is CNCc1cc(CN2CC(C)OC(C)(C)C2)on1. The van der Waals surface area contributed by atoms with Crippen molar-refractivity contribution in [1.82, 2.24) is 15.4 Å². The van der Waals surface area contributed by atoms with E-state index in [4.69, 9.17) is 9.26 Å². The summed E-state index contributed by atoms with van der Waals surface area (Å²) in [5.74, 6) is 0.921. The fraction of sp³-hybridized carbons (Fsp3) is 0.769. The highest BCUT2D eigenvalue weighted by atomic mass is 16.5. The second-order valence-electron chi connectivity index (χ2n) is 5.67. The third-order valence-corrected chi connectivity index (χ3v) is 2.99. The van der Waals surface area contributed by atoms with E-state index in [1.165, 1.54) is 0 Å². The first-order valence-electron chi connectivity index (χ1n) is 6.48. The number of rotatable bonds is 4. The van der Waals surface area contributed by atoms with Gasteiger partial charge in [0, 0.05) is 25.7 Å². The van der Waals surface area contributed by atoms with Gasteiger partial charge in [-0.05, 0) is 27.8 Å². The van der Waals surface area contributed by atoms with Gasteiger partial charge < -0.3 is 14.6 Å². The Morgan fingerprint density at radius 2 is 2.33 bits per heavy atom. The molecule has 1 saturated heterocycles. The normalized spacial score (nSPS) is 24.3. The lowest BCUT2D eigenvalue weighted by Gasteiger charge is -2.41. The maximum atomic E-state index is 5.89. The molecule has 5 nitrogen and oxygen atoms in total. The molecule has 1 aliphatic rings. The molecule has 1 aliphatic heterocycles. The van der Waals surface area contributed by atoms with Crippen molar-refractivity contribution in [2.45, 2.75) is 45.6 Å². The molecule has 0 aromatic carbocycles. The third-order valence-electron chi connectivity index (χ3n) is 2.99. The molecule has 102 valence electrons. The Hall–Kier alpha value is -0.910. The van der Waals surface area contributed by atoms with Crippen molar-refractivity contribution >= 4 is 0 Å². The fourth-order valence-corrected chi connectivity index (χ4v) is 2.62. The molecule has 0 saturated carbocycles. The highest BCUT2D eigenvalue weighted by Gasteiger charge is 2.31. The first kappa shape index (κ1) is 13.5. The number of nitrogens with one attached hydrogen (secondary N) is 1. The van der Waals surface area contributed by atoms with Crippen molar-refractivity contribution in [2.75, 3.05) is 20.1 Å². The molecule has 0 radical (unpaired) electrons. The number of ether oxygens (including phenoxy) is 1. The third kappa shape index (κ3) is 3.54. The molecule has 2 heterocycles. The van der Waals surface area contributed by atoms with Crippen LogP contribution in [-0.4, -0.2) is 41.9 Å². The van der Waals surface area contributed by atoms with Crippen molar-refractivity contribution < 1.29 is 9.26 Å². The van der Waals surface area contributed by atoms with E-state index in [9.17, 15) is 0 Å². The van der Waals surface area contributed by atoms with E-state index in [1.54, 1.807) is 0 Å². The Bertz CT molecular complexity index is 389. The van der Waals surface area contributed by atoms with Crippen molar-refractivity contribution in [1.29, 1.82) is 0 Å². The van der Waals surface area contributed by atoms with Gasteiger partial charge in [-0.3, -0.25) is 4.90 Å². The summed E-state index contributed by atoms with van der Waals surface area (Å²) in [7, 11) is 1.90. The van der Waals surface area contributed by atoms with E-state index >= 15 is 0 Å². The van der Waals surface area contributed by atoms with E-state index in [2.05, 4.69) is 36.1 Å². The number of hydrogen-bond donors (Lipinski definition) is 1. The zero-order valence-corrected chi connectivity index (χ0v) is 11.7. The molecule has 1 aromatic heterocycles.